The first-order valence-corrected chi connectivity index (χ1v) is 6.74. The van der Waals surface area contributed by atoms with Crippen molar-refractivity contribution in [1.29, 1.82) is 0 Å². The minimum Gasteiger partial charge on any atom is -0.347 e. The van der Waals surface area contributed by atoms with Crippen LogP contribution >= 0.6 is 12.4 Å². The van der Waals surface area contributed by atoms with E-state index in [0.717, 1.165) is 24.3 Å². The van der Waals surface area contributed by atoms with Crippen molar-refractivity contribution in [2.75, 3.05) is 0 Å². The van der Waals surface area contributed by atoms with Crippen molar-refractivity contribution < 1.29 is 4.79 Å². The zero-order chi connectivity index (χ0) is 14.1. The molecule has 0 saturated carbocycles. The van der Waals surface area contributed by atoms with Gasteiger partial charge in [-0.25, -0.2) is 0 Å². The van der Waals surface area contributed by atoms with Crippen molar-refractivity contribution >= 4 is 18.3 Å². The normalized spacial score (nSPS) is 12.7. The van der Waals surface area contributed by atoms with E-state index in [2.05, 4.69) is 33.9 Å². The van der Waals surface area contributed by atoms with Gasteiger partial charge in [-0.1, -0.05) is 18.2 Å². The predicted molar refractivity (Wildman–Crippen MR) is 83.3 cm³/mol. The number of nitrogens with zero attached hydrogens (tertiary/aromatic N) is 2. The van der Waals surface area contributed by atoms with Crippen molar-refractivity contribution in [2.45, 2.75) is 26.6 Å². The van der Waals surface area contributed by atoms with Crippen LogP contribution in [0.15, 0.2) is 24.3 Å². The van der Waals surface area contributed by atoms with Crippen LogP contribution in [0.2, 0.25) is 0 Å². The van der Waals surface area contributed by atoms with E-state index in [1.807, 2.05) is 6.92 Å². The molecule has 0 aliphatic carbocycles. The average Bonchev–Trinajstić information content (AvgIpc) is 3.01. The zero-order valence-corrected chi connectivity index (χ0v) is 13.0. The number of rotatable bonds is 3. The molecule has 2 N–H and O–H groups in total. The Balaban J connectivity index is 0.00000161. The number of carbonyl (C=O) groups is 1. The van der Waals surface area contributed by atoms with Crippen LogP contribution in [-0.2, 0) is 26.7 Å². The maximum Gasteiger partial charge on any atom is 0.269 e. The largest absolute Gasteiger partial charge is 0.347 e. The van der Waals surface area contributed by atoms with Crippen LogP contribution < -0.4 is 10.6 Å². The van der Waals surface area contributed by atoms with Crippen molar-refractivity contribution in [3.63, 3.8) is 0 Å². The quantitative estimate of drug-likeness (QED) is 0.907. The molecule has 2 aromatic rings. The molecule has 0 bridgehead atoms. The minimum absolute atomic E-state index is 0. The number of carbonyl (C=O) groups excluding carboxylic acids is 1. The van der Waals surface area contributed by atoms with Gasteiger partial charge >= 0.3 is 0 Å². The van der Waals surface area contributed by atoms with Crippen LogP contribution in [-0.4, -0.2) is 15.7 Å². The van der Waals surface area contributed by atoms with E-state index >= 15 is 0 Å². The van der Waals surface area contributed by atoms with Crippen LogP contribution in [0.5, 0.6) is 0 Å². The molecule has 0 saturated heterocycles. The maximum absolute atomic E-state index is 12.1. The third-order valence-electron chi connectivity index (χ3n) is 3.59. The van der Waals surface area contributed by atoms with E-state index < -0.39 is 0 Å². The molecule has 21 heavy (non-hydrogen) atoms. The molecular formula is C15H19ClN4O. The number of amides is 1. The summed E-state index contributed by atoms with van der Waals surface area (Å²) in [7, 11) is 1.78. The molecule has 112 valence electrons. The summed E-state index contributed by atoms with van der Waals surface area (Å²) in [4.78, 5) is 12.1. The molecule has 0 unspecified atom stereocenters. The second kappa shape index (κ2) is 6.28. The second-order valence-electron chi connectivity index (χ2n) is 5.18. The Morgan fingerprint density at radius 1 is 1.33 bits per heavy atom. The van der Waals surface area contributed by atoms with Gasteiger partial charge in [0.05, 0.1) is 5.69 Å². The zero-order valence-electron chi connectivity index (χ0n) is 12.1. The smallest absolute Gasteiger partial charge is 0.269 e. The molecule has 1 aromatic carbocycles. The molecule has 0 radical (unpaired) electrons. The number of hydrogen-bond acceptors (Lipinski definition) is 3. The summed E-state index contributed by atoms with van der Waals surface area (Å²) in [6, 6.07) is 8.15. The third kappa shape index (κ3) is 3.25. The first-order chi connectivity index (χ1) is 9.63. The topological polar surface area (TPSA) is 59.0 Å². The summed E-state index contributed by atoms with van der Waals surface area (Å²) in [6.07, 6.45) is 0. The number of aryl methyl sites for hydroxylation is 2. The highest BCUT2D eigenvalue weighted by Gasteiger charge is 2.13. The van der Waals surface area contributed by atoms with Gasteiger partial charge in [-0.05, 0) is 29.7 Å². The average molecular weight is 307 g/mol. The van der Waals surface area contributed by atoms with E-state index in [-0.39, 0.29) is 18.3 Å². The van der Waals surface area contributed by atoms with E-state index in [4.69, 9.17) is 0 Å². The summed E-state index contributed by atoms with van der Waals surface area (Å²) in [5.41, 5.74) is 5.24. The molecule has 0 fully saturated rings. The Kier molecular flexibility index (Phi) is 4.65. The maximum atomic E-state index is 12.1. The Hall–Kier alpha value is -1.85. The fourth-order valence-electron chi connectivity index (χ4n) is 2.55. The highest BCUT2D eigenvalue weighted by molar-refractivity contribution is 5.92. The summed E-state index contributed by atoms with van der Waals surface area (Å²) < 4.78 is 1.61. The van der Waals surface area contributed by atoms with Crippen LogP contribution in [0.25, 0.3) is 0 Å². The Labute approximate surface area is 130 Å². The summed E-state index contributed by atoms with van der Waals surface area (Å²) in [5, 5.41) is 10.4. The lowest BCUT2D eigenvalue weighted by Gasteiger charge is -2.07. The molecule has 3 rings (SSSR count). The molecule has 1 aliphatic heterocycles. The Bertz CT molecular complexity index is 666. The van der Waals surface area contributed by atoms with Gasteiger partial charge in [0, 0.05) is 26.7 Å². The fraction of sp³-hybridized carbons (Fsp3) is 0.333. The number of fused-ring (bicyclic) bond motifs is 1. The van der Waals surface area contributed by atoms with E-state index in [1.165, 1.54) is 11.1 Å². The highest BCUT2D eigenvalue weighted by atomic mass is 35.5. The Morgan fingerprint density at radius 3 is 2.81 bits per heavy atom. The monoisotopic (exact) mass is 306 g/mol. The lowest BCUT2D eigenvalue weighted by atomic mass is 10.1. The lowest BCUT2D eigenvalue weighted by molar-refractivity contribution is 0.0941. The molecular weight excluding hydrogens is 288 g/mol. The second-order valence-corrected chi connectivity index (χ2v) is 5.18. The number of benzene rings is 1. The summed E-state index contributed by atoms with van der Waals surface area (Å²) >= 11 is 0. The fourth-order valence-corrected chi connectivity index (χ4v) is 2.55. The van der Waals surface area contributed by atoms with Crippen molar-refractivity contribution in [1.82, 2.24) is 20.4 Å². The minimum atomic E-state index is -0.0910. The van der Waals surface area contributed by atoms with Crippen LogP contribution in [0.1, 0.15) is 32.9 Å². The van der Waals surface area contributed by atoms with E-state index in [9.17, 15) is 4.79 Å². The predicted octanol–water partition coefficient (Wildman–Crippen LogP) is 1.68. The Morgan fingerprint density at radius 2 is 2.10 bits per heavy atom. The molecule has 2 heterocycles. The molecule has 1 amide bonds. The third-order valence-corrected chi connectivity index (χ3v) is 3.59. The standard InChI is InChI=1S/C15H18N4O.ClH/c1-10-5-14(19(2)18-10)15(20)17-7-11-3-4-12-8-16-9-13(12)6-11;/h3-6,16H,7-9H2,1-2H3,(H,17,20);1H. The van der Waals surface area contributed by atoms with Crippen LogP contribution in [0.3, 0.4) is 0 Å². The van der Waals surface area contributed by atoms with Gasteiger partial charge in [-0.15, -0.1) is 12.4 Å². The van der Waals surface area contributed by atoms with Gasteiger partial charge in [0.1, 0.15) is 5.69 Å². The van der Waals surface area contributed by atoms with Crippen LogP contribution in [0.4, 0.5) is 0 Å². The molecule has 0 atom stereocenters. The van der Waals surface area contributed by atoms with Crippen LogP contribution in [0, 0.1) is 6.92 Å². The molecule has 5 nitrogen and oxygen atoms in total. The van der Waals surface area contributed by atoms with Gasteiger partial charge in [0.25, 0.3) is 5.91 Å². The van der Waals surface area contributed by atoms with Crippen molar-refractivity contribution in [3.8, 4) is 0 Å². The lowest BCUT2D eigenvalue weighted by Crippen LogP contribution is -2.25. The van der Waals surface area contributed by atoms with Gasteiger partial charge in [0.15, 0.2) is 0 Å². The van der Waals surface area contributed by atoms with Crippen molar-refractivity contribution in [2.24, 2.45) is 7.05 Å². The number of nitrogens with one attached hydrogen (secondary N) is 2. The summed E-state index contributed by atoms with van der Waals surface area (Å²) in [5.74, 6) is -0.0910. The SMILES string of the molecule is Cc1cc(C(=O)NCc2ccc3c(c2)CNC3)n(C)n1.Cl. The van der Waals surface area contributed by atoms with Gasteiger partial charge < -0.3 is 10.6 Å². The van der Waals surface area contributed by atoms with E-state index in [0.29, 0.717) is 12.2 Å². The first-order valence-electron chi connectivity index (χ1n) is 6.74. The number of hydrogen-bond donors (Lipinski definition) is 2. The molecule has 1 aromatic heterocycles. The van der Waals surface area contributed by atoms with Crippen molar-refractivity contribution in [3.05, 3.63) is 52.3 Å². The highest BCUT2D eigenvalue weighted by Crippen LogP contribution is 2.17. The first kappa shape index (κ1) is 15.5. The van der Waals surface area contributed by atoms with Gasteiger partial charge in [-0.3, -0.25) is 9.48 Å². The molecule has 1 aliphatic rings. The molecule has 0 spiro atoms. The van der Waals surface area contributed by atoms with E-state index in [1.54, 1.807) is 17.8 Å². The number of halogens is 1. The van der Waals surface area contributed by atoms with Gasteiger partial charge in [-0.2, -0.15) is 5.10 Å². The molecule has 6 heteroatoms. The summed E-state index contributed by atoms with van der Waals surface area (Å²) in [6.45, 7) is 4.27. The van der Waals surface area contributed by atoms with Gasteiger partial charge in [0.2, 0.25) is 0 Å². The number of aromatic nitrogens is 2.